The van der Waals surface area contributed by atoms with Crippen molar-refractivity contribution in [2.75, 3.05) is 25.0 Å². The van der Waals surface area contributed by atoms with Crippen molar-refractivity contribution in [2.24, 2.45) is 0 Å². The average molecular weight is 300 g/mol. The Bertz CT molecular complexity index is 590. The molecule has 1 aromatic heterocycles. The molecule has 1 heterocycles. The fourth-order valence-electron chi connectivity index (χ4n) is 1.81. The zero-order valence-corrected chi connectivity index (χ0v) is 12.6. The minimum absolute atomic E-state index is 0.0265. The molecule has 0 aliphatic carbocycles. The molecule has 0 saturated heterocycles. The smallest absolute Gasteiger partial charge is 0.257 e. The summed E-state index contributed by atoms with van der Waals surface area (Å²) in [4.78, 5) is 19.8. The fraction of sp³-hybridized carbons (Fsp3) is 0.312. The van der Waals surface area contributed by atoms with E-state index in [1.54, 1.807) is 18.5 Å². The Morgan fingerprint density at radius 1 is 1.18 bits per heavy atom. The van der Waals surface area contributed by atoms with Crippen molar-refractivity contribution >= 4 is 11.9 Å². The van der Waals surface area contributed by atoms with Crippen LogP contribution in [0.15, 0.2) is 42.7 Å². The Kier molecular flexibility index (Phi) is 6.17. The molecule has 22 heavy (non-hydrogen) atoms. The molecule has 116 valence electrons. The van der Waals surface area contributed by atoms with Gasteiger partial charge in [0.2, 0.25) is 5.95 Å². The number of anilines is 1. The first kappa shape index (κ1) is 15.8. The van der Waals surface area contributed by atoms with Crippen molar-refractivity contribution in [3.05, 3.63) is 48.3 Å². The lowest BCUT2D eigenvalue weighted by molar-refractivity contribution is -0.123. The van der Waals surface area contributed by atoms with Crippen molar-refractivity contribution in [3.8, 4) is 5.75 Å². The molecule has 0 bridgehead atoms. The molecule has 0 spiro atoms. The second kappa shape index (κ2) is 8.61. The largest absolute Gasteiger partial charge is 0.484 e. The maximum absolute atomic E-state index is 11.7. The summed E-state index contributed by atoms with van der Waals surface area (Å²) in [5.41, 5.74) is 1.10. The van der Waals surface area contributed by atoms with Crippen LogP contribution in [0.1, 0.15) is 12.0 Å². The number of nitrogens with zero attached hydrogens (tertiary/aromatic N) is 2. The number of carbonyl (C=O) groups excluding carboxylic acids is 1. The Morgan fingerprint density at radius 2 is 2.00 bits per heavy atom. The number of benzene rings is 1. The molecule has 6 heteroatoms. The molecule has 0 aliphatic heterocycles. The van der Waals surface area contributed by atoms with Crippen LogP contribution in [0.3, 0.4) is 0 Å². The predicted octanol–water partition coefficient (Wildman–Crippen LogP) is 1.78. The summed E-state index contributed by atoms with van der Waals surface area (Å²) in [5.74, 6) is 1.17. The molecule has 1 aromatic carbocycles. The Morgan fingerprint density at radius 3 is 2.77 bits per heavy atom. The molecular formula is C16H20N4O2. The van der Waals surface area contributed by atoms with Crippen molar-refractivity contribution in [2.45, 2.75) is 13.3 Å². The number of aryl methyl sites for hydroxylation is 1. The van der Waals surface area contributed by atoms with Crippen LogP contribution >= 0.6 is 0 Å². The third-order valence-electron chi connectivity index (χ3n) is 2.88. The van der Waals surface area contributed by atoms with Gasteiger partial charge in [-0.15, -0.1) is 0 Å². The van der Waals surface area contributed by atoms with E-state index in [4.69, 9.17) is 4.74 Å². The highest BCUT2D eigenvalue weighted by Crippen LogP contribution is 2.11. The SMILES string of the molecule is Cc1cccc(OCC(=O)NCCCNc2ncccn2)c1. The van der Waals surface area contributed by atoms with E-state index >= 15 is 0 Å². The van der Waals surface area contributed by atoms with Gasteiger partial charge in [-0.1, -0.05) is 12.1 Å². The normalized spacial score (nSPS) is 10.0. The van der Waals surface area contributed by atoms with E-state index in [9.17, 15) is 4.79 Å². The van der Waals surface area contributed by atoms with E-state index in [0.29, 0.717) is 24.8 Å². The van der Waals surface area contributed by atoms with E-state index in [1.807, 2.05) is 31.2 Å². The number of aromatic nitrogens is 2. The van der Waals surface area contributed by atoms with Crippen LogP contribution in [0.4, 0.5) is 5.95 Å². The highest BCUT2D eigenvalue weighted by Gasteiger charge is 2.02. The number of nitrogens with one attached hydrogen (secondary N) is 2. The molecule has 0 saturated carbocycles. The van der Waals surface area contributed by atoms with Crippen molar-refractivity contribution in [1.29, 1.82) is 0 Å². The molecule has 2 N–H and O–H groups in total. The van der Waals surface area contributed by atoms with E-state index < -0.39 is 0 Å². The van der Waals surface area contributed by atoms with Gasteiger partial charge in [-0.05, 0) is 37.1 Å². The maximum atomic E-state index is 11.7. The molecule has 0 radical (unpaired) electrons. The standard InChI is InChI=1S/C16H20N4O2/c1-13-5-2-6-14(11-13)22-12-15(21)17-7-3-8-18-16-19-9-4-10-20-16/h2,4-6,9-11H,3,7-8,12H2,1H3,(H,17,21)(H,18,19,20). The molecule has 6 nitrogen and oxygen atoms in total. The van der Waals surface area contributed by atoms with Crippen molar-refractivity contribution < 1.29 is 9.53 Å². The summed E-state index contributed by atoms with van der Waals surface area (Å²) in [7, 11) is 0. The molecule has 0 atom stereocenters. The van der Waals surface area contributed by atoms with Gasteiger partial charge in [0.1, 0.15) is 5.75 Å². The summed E-state index contributed by atoms with van der Waals surface area (Å²) in [6, 6.07) is 9.39. The van der Waals surface area contributed by atoms with Crippen LogP contribution in [0.5, 0.6) is 5.75 Å². The number of ether oxygens (including phenoxy) is 1. The van der Waals surface area contributed by atoms with Crippen LogP contribution in [-0.4, -0.2) is 35.6 Å². The van der Waals surface area contributed by atoms with Gasteiger partial charge in [-0.3, -0.25) is 4.79 Å². The first-order valence-corrected chi connectivity index (χ1v) is 7.21. The fourth-order valence-corrected chi connectivity index (χ4v) is 1.81. The maximum Gasteiger partial charge on any atom is 0.257 e. The van der Waals surface area contributed by atoms with Gasteiger partial charge < -0.3 is 15.4 Å². The highest BCUT2D eigenvalue weighted by molar-refractivity contribution is 5.77. The van der Waals surface area contributed by atoms with Gasteiger partial charge in [-0.2, -0.15) is 0 Å². The summed E-state index contributed by atoms with van der Waals surface area (Å²) >= 11 is 0. The van der Waals surface area contributed by atoms with Gasteiger partial charge in [0.05, 0.1) is 0 Å². The van der Waals surface area contributed by atoms with E-state index in [0.717, 1.165) is 12.0 Å². The van der Waals surface area contributed by atoms with Gasteiger partial charge >= 0.3 is 0 Å². The molecule has 1 amide bonds. The first-order chi connectivity index (χ1) is 10.7. The summed E-state index contributed by atoms with van der Waals surface area (Å²) in [6.45, 7) is 3.29. The third-order valence-corrected chi connectivity index (χ3v) is 2.88. The molecule has 2 rings (SSSR count). The van der Waals surface area contributed by atoms with Gasteiger partial charge in [0.15, 0.2) is 6.61 Å². The third kappa shape index (κ3) is 5.78. The van der Waals surface area contributed by atoms with Gasteiger partial charge in [-0.25, -0.2) is 9.97 Å². The minimum Gasteiger partial charge on any atom is -0.484 e. The number of carbonyl (C=O) groups is 1. The second-order valence-corrected chi connectivity index (χ2v) is 4.81. The summed E-state index contributed by atoms with van der Waals surface area (Å²) in [5, 5.41) is 5.89. The summed E-state index contributed by atoms with van der Waals surface area (Å²) < 4.78 is 5.43. The monoisotopic (exact) mass is 300 g/mol. The lowest BCUT2D eigenvalue weighted by atomic mass is 10.2. The van der Waals surface area contributed by atoms with Crippen LogP contribution in [-0.2, 0) is 4.79 Å². The topological polar surface area (TPSA) is 76.1 Å². The van der Waals surface area contributed by atoms with Crippen LogP contribution in [0, 0.1) is 6.92 Å². The van der Waals surface area contributed by atoms with E-state index in [2.05, 4.69) is 20.6 Å². The van der Waals surface area contributed by atoms with Crippen molar-refractivity contribution in [3.63, 3.8) is 0 Å². The van der Waals surface area contributed by atoms with Crippen LogP contribution in [0.2, 0.25) is 0 Å². The Balaban J connectivity index is 1.56. The molecule has 0 aliphatic rings. The van der Waals surface area contributed by atoms with Crippen LogP contribution in [0.25, 0.3) is 0 Å². The lowest BCUT2D eigenvalue weighted by Gasteiger charge is -2.08. The lowest BCUT2D eigenvalue weighted by Crippen LogP contribution is -2.30. The summed E-state index contributed by atoms with van der Waals surface area (Å²) in [6.07, 6.45) is 4.15. The number of hydrogen-bond donors (Lipinski definition) is 2. The first-order valence-electron chi connectivity index (χ1n) is 7.21. The molecular weight excluding hydrogens is 280 g/mol. The van der Waals surface area contributed by atoms with Gasteiger partial charge in [0.25, 0.3) is 5.91 Å². The Hall–Kier alpha value is -2.63. The quantitative estimate of drug-likeness (QED) is 0.727. The molecule has 0 fully saturated rings. The average Bonchev–Trinajstić information content (AvgIpc) is 2.54. The zero-order chi connectivity index (χ0) is 15.6. The minimum atomic E-state index is -0.127. The predicted molar refractivity (Wildman–Crippen MR) is 84.8 cm³/mol. The number of rotatable bonds is 8. The molecule has 2 aromatic rings. The van der Waals surface area contributed by atoms with Gasteiger partial charge in [0, 0.05) is 25.5 Å². The van der Waals surface area contributed by atoms with E-state index in [1.165, 1.54) is 0 Å². The van der Waals surface area contributed by atoms with E-state index in [-0.39, 0.29) is 12.5 Å². The molecule has 0 unspecified atom stereocenters. The number of amides is 1. The second-order valence-electron chi connectivity index (χ2n) is 4.81. The van der Waals surface area contributed by atoms with Crippen molar-refractivity contribution in [1.82, 2.24) is 15.3 Å². The number of hydrogen-bond acceptors (Lipinski definition) is 5. The Labute approximate surface area is 129 Å². The highest BCUT2D eigenvalue weighted by atomic mass is 16.5. The zero-order valence-electron chi connectivity index (χ0n) is 12.6. The van der Waals surface area contributed by atoms with Crippen LogP contribution < -0.4 is 15.4 Å².